The Hall–Kier alpha value is -1.63. The Balaban J connectivity index is 2.37. The SMILES string of the molecule is Cc1ccc2c(c1)C(C)(C)c1cc(C)cc[n+]1-2. The first-order chi connectivity index (χ1) is 8.00. The third kappa shape index (κ3) is 1.35. The quantitative estimate of drug-likeness (QED) is 0.605. The lowest BCUT2D eigenvalue weighted by Gasteiger charge is -2.14. The minimum absolute atomic E-state index is 0.105. The lowest BCUT2D eigenvalue weighted by atomic mass is 9.82. The minimum atomic E-state index is 0.105. The summed E-state index contributed by atoms with van der Waals surface area (Å²) in [5.74, 6) is 0. The van der Waals surface area contributed by atoms with Crippen molar-refractivity contribution in [2.24, 2.45) is 0 Å². The van der Waals surface area contributed by atoms with Crippen molar-refractivity contribution in [2.45, 2.75) is 33.1 Å². The molecule has 0 atom stereocenters. The zero-order chi connectivity index (χ0) is 12.2. The number of benzene rings is 1. The normalized spacial score (nSPS) is 15.5. The number of pyridine rings is 1. The molecular weight excluding hydrogens is 206 g/mol. The van der Waals surface area contributed by atoms with Gasteiger partial charge in [0.2, 0.25) is 5.69 Å². The number of nitrogens with zero attached hydrogens (tertiary/aromatic N) is 1. The summed E-state index contributed by atoms with van der Waals surface area (Å²) >= 11 is 0. The van der Waals surface area contributed by atoms with Crippen molar-refractivity contribution in [1.82, 2.24) is 0 Å². The van der Waals surface area contributed by atoms with Crippen LogP contribution in [-0.2, 0) is 5.41 Å². The molecule has 0 saturated carbocycles. The molecule has 0 saturated heterocycles. The monoisotopic (exact) mass is 224 g/mol. The van der Waals surface area contributed by atoms with Crippen molar-refractivity contribution >= 4 is 0 Å². The first-order valence-electron chi connectivity index (χ1n) is 6.14. The molecule has 0 unspecified atom stereocenters. The second-order valence-electron chi connectivity index (χ2n) is 5.60. The number of fused-ring (bicyclic) bond motifs is 3. The third-order valence-electron chi connectivity index (χ3n) is 3.84. The first-order valence-corrected chi connectivity index (χ1v) is 6.14. The maximum atomic E-state index is 2.32. The number of hydrogen-bond donors (Lipinski definition) is 0. The Labute approximate surface area is 103 Å². The van der Waals surface area contributed by atoms with Gasteiger partial charge in [-0.25, -0.2) is 0 Å². The van der Waals surface area contributed by atoms with Crippen LogP contribution in [0.4, 0.5) is 0 Å². The smallest absolute Gasteiger partial charge is 0.163 e. The average Bonchev–Trinajstić information content (AvgIpc) is 2.49. The molecule has 1 nitrogen and oxygen atoms in total. The predicted octanol–water partition coefficient (Wildman–Crippen LogP) is 3.22. The molecule has 0 amide bonds. The van der Waals surface area contributed by atoms with Gasteiger partial charge in [-0.05, 0) is 39.3 Å². The van der Waals surface area contributed by atoms with Crippen molar-refractivity contribution in [1.29, 1.82) is 0 Å². The summed E-state index contributed by atoms with van der Waals surface area (Å²) in [7, 11) is 0. The lowest BCUT2D eigenvalue weighted by molar-refractivity contribution is -0.599. The molecule has 1 aliphatic heterocycles. The molecule has 0 aliphatic carbocycles. The van der Waals surface area contributed by atoms with E-state index in [0.717, 1.165) is 0 Å². The van der Waals surface area contributed by atoms with Crippen LogP contribution in [0.1, 0.15) is 36.2 Å². The van der Waals surface area contributed by atoms with Crippen LogP contribution >= 0.6 is 0 Å². The van der Waals surface area contributed by atoms with E-state index in [1.807, 2.05) is 0 Å². The molecule has 0 radical (unpaired) electrons. The highest BCUT2D eigenvalue weighted by Crippen LogP contribution is 2.38. The van der Waals surface area contributed by atoms with E-state index in [1.54, 1.807) is 0 Å². The molecule has 0 spiro atoms. The van der Waals surface area contributed by atoms with Gasteiger partial charge in [0.15, 0.2) is 11.9 Å². The van der Waals surface area contributed by atoms with E-state index in [-0.39, 0.29) is 5.41 Å². The zero-order valence-electron chi connectivity index (χ0n) is 10.9. The van der Waals surface area contributed by atoms with Gasteiger partial charge >= 0.3 is 0 Å². The fraction of sp³-hybridized carbons (Fsp3) is 0.312. The molecule has 86 valence electrons. The minimum Gasteiger partial charge on any atom is -0.163 e. The average molecular weight is 224 g/mol. The molecule has 1 aromatic heterocycles. The van der Waals surface area contributed by atoms with Gasteiger partial charge in [-0.1, -0.05) is 11.6 Å². The Kier molecular flexibility index (Phi) is 1.97. The molecule has 3 rings (SSSR count). The second kappa shape index (κ2) is 3.19. The van der Waals surface area contributed by atoms with Crippen molar-refractivity contribution in [2.75, 3.05) is 0 Å². The summed E-state index contributed by atoms with van der Waals surface area (Å²) in [6.07, 6.45) is 2.19. The number of rotatable bonds is 0. The lowest BCUT2D eigenvalue weighted by Crippen LogP contribution is -2.34. The van der Waals surface area contributed by atoms with Crippen molar-refractivity contribution in [3.05, 3.63) is 58.9 Å². The highest BCUT2D eigenvalue weighted by molar-refractivity contribution is 5.49. The second-order valence-corrected chi connectivity index (χ2v) is 5.60. The van der Waals surface area contributed by atoms with Gasteiger partial charge in [0.05, 0.1) is 5.41 Å². The van der Waals surface area contributed by atoms with E-state index in [2.05, 4.69) is 68.8 Å². The van der Waals surface area contributed by atoms with Crippen LogP contribution in [0.25, 0.3) is 5.69 Å². The van der Waals surface area contributed by atoms with Gasteiger partial charge in [-0.15, -0.1) is 0 Å². The van der Waals surface area contributed by atoms with E-state index < -0.39 is 0 Å². The highest BCUT2D eigenvalue weighted by Gasteiger charge is 2.43. The molecule has 1 heteroatoms. The van der Waals surface area contributed by atoms with Gasteiger partial charge in [0.25, 0.3) is 0 Å². The molecule has 2 heterocycles. The van der Waals surface area contributed by atoms with Crippen LogP contribution < -0.4 is 4.57 Å². The Bertz CT molecular complexity index is 555. The van der Waals surface area contributed by atoms with E-state index in [0.29, 0.717) is 0 Å². The maximum Gasteiger partial charge on any atom is 0.215 e. The fourth-order valence-corrected chi connectivity index (χ4v) is 2.80. The molecule has 2 aromatic rings. The van der Waals surface area contributed by atoms with Crippen LogP contribution in [0.15, 0.2) is 36.5 Å². The van der Waals surface area contributed by atoms with Crippen molar-refractivity contribution in [3.8, 4) is 5.69 Å². The molecule has 1 aromatic carbocycles. The topological polar surface area (TPSA) is 3.88 Å². The van der Waals surface area contributed by atoms with Gasteiger partial charge in [0, 0.05) is 23.8 Å². The standard InChI is InChI=1S/C16H18N/c1-11-5-6-14-13(9-11)16(3,4)15-10-12(2)7-8-17(14)15/h5-10H,1-4H3/q+1. The summed E-state index contributed by atoms with van der Waals surface area (Å²) in [4.78, 5) is 0. The maximum absolute atomic E-state index is 2.32. The van der Waals surface area contributed by atoms with Gasteiger partial charge < -0.3 is 0 Å². The summed E-state index contributed by atoms with van der Waals surface area (Å²) < 4.78 is 2.32. The van der Waals surface area contributed by atoms with Gasteiger partial charge in [0.1, 0.15) is 0 Å². The van der Waals surface area contributed by atoms with E-state index in [9.17, 15) is 0 Å². The molecular formula is C16H18N+. The van der Waals surface area contributed by atoms with Crippen LogP contribution in [0.3, 0.4) is 0 Å². The van der Waals surface area contributed by atoms with Crippen LogP contribution in [0.2, 0.25) is 0 Å². The fourth-order valence-electron chi connectivity index (χ4n) is 2.80. The molecule has 0 fully saturated rings. The predicted molar refractivity (Wildman–Crippen MR) is 69.6 cm³/mol. The van der Waals surface area contributed by atoms with E-state index in [4.69, 9.17) is 0 Å². The summed E-state index contributed by atoms with van der Waals surface area (Å²) in [6, 6.07) is 11.2. The molecule has 0 N–H and O–H groups in total. The summed E-state index contributed by atoms with van der Waals surface area (Å²) in [5, 5.41) is 0. The Morgan fingerprint density at radius 3 is 2.41 bits per heavy atom. The van der Waals surface area contributed by atoms with Crippen LogP contribution in [0.5, 0.6) is 0 Å². The van der Waals surface area contributed by atoms with E-state index in [1.165, 1.54) is 28.1 Å². The highest BCUT2D eigenvalue weighted by atomic mass is 15.0. The van der Waals surface area contributed by atoms with Crippen LogP contribution in [0, 0.1) is 13.8 Å². The van der Waals surface area contributed by atoms with Crippen molar-refractivity contribution in [3.63, 3.8) is 0 Å². The number of hydrogen-bond acceptors (Lipinski definition) is 0. The molecule has 0 bridgehead atoms. The molecule has 1 aliphatic rings. The molecule has 17 heavy (non-hydrogen) atoms. The summed E-state index contributed by atoms with van der Waals surface area (Å²) in [6.45, 7) is 8.94. The number of aromatic nitrogens is 1. The first kappa shape index (κ1) is 10.5. The third-order valence-corrected chi connectivity index (χ3v) is 3.84. The Morgan fingerprint density at radius 1 is 0.941 bits per heavy atom. The zero-order valence-corrected chi connectivity index (χ0v) is 10.9. The van der Waals surface area contributed by atoms with E-state index >= 15 is 0 Å². The largest absolute Gasteiger partial charge is 0.215 e. The number of aryl methyl sites for hydroxylation is 2. The summed E-state index contributed by atoms with van der Waals surface area (Å²) in [5.41, 5.74) is 6.92. The van der Waals surface area contributed by atoms with Gasteiger partial charge in [-0.2, -0.15) is 4.57 Å². The van der Waals surface area contributed by atoms with Gasteiger partial charge in [-0.3, -0.25) is 0 Å². The Morgan fingerprint density at radius 2 is 1.65 bits per heavy atom. The van der Waals surface area contributed by atoms with Crippen molar-refractivity contribution < 1.29 is 4.57 Å². The van der Waals surface area contributed by atoms with Crippen LogP contribution in [-0.4, -0.2) is 0 Å².